The summed E-state index contributed by atoms with van der Waals surface area (Å²) in [6.07, 6.45) is 6.74. The van der Waals surface area contributed by atoms with E-state index in [9.17, 15) is 0 Å². The van der Waals surface area contributed by atoms with Gasteiger partial charge in [0.1, 0.15) is 6.79 Å². The Morgan fingerprint density at radius 2 is 2.00 bits per heavy atom. The van der Waals surface area contributed by atoms with Crippen LogP contribution >= 0.6 is 0 Å². The number of ether oxygens (including phenoxy) is 2. The molecule has 1 saturated carbocycles. The van der Waals surface area contributed by atoms with Gasteiger partial charge in [-0.05, 0) is 25.7 Å². The van der Waals surface area contributed by atoms with Gasteiger partial charge in [0.2, 0.25) is 0 Å². The Morgan fingerprint density at radius 3 is 2.58 bits per heavy atom. The van der Waals surface area contributed by atoms with Crippen molar-refractivity contribution in [1.82, 2.24) is 0 Å². The molecule has 1 fully saturated rings. The average Bonchev–Trinajstić information content (AvgIpc) is 2.15. The zero-order chi connectivity index (χ0) is 8.81. The Kier molecular flexibility index (Phi) is 4.62. The highest BCUT2D eigenvalue weighted by atomic mass is 16.7. The quantitative estimate of drug-likeness (QED) is 0.605. The van der Waals surface area contributed by atoms with E-state index in [1.165, 1.54) is 32.1 Å². The average molecular weight is 171 g/mol. The Balaban J connectivity index is 2.15. The van der Waals surface area contributed by atoms with Crippen molar-refractivity contribution in [2.45, 2.75) is 38.2 Å². The molecule has 0 aromatic heterocycles. The molecule has 2 nitrogen and oxygen atoms in total. The van der Waals surface area contributed by atoms with Gasteiger partial charge in [0.15, 0.2) is 0 Å². The van der Waals surface area contributed by atoms with E-state index in [1.807, 2.05) is 0 Å². The predicted molar refractivity (Wildman–Crippen MR) is 48.7 cm³/mol. The molecule has 0 aliphatic heterocycles. The summed E-state index contributed by atoms with van der Waals surface area (Å²) in [4.78, 5) is 0. The standard InChI is InChI=1S/C10H19O2/c1-9(12-8-11-2)10-6-4-3-5-7-10/h9-10H,1,3-8H2,2H3. The molecule has 0 saturated heterocycles. The smallest absolute Gasteiger partial charge is 0.146 e. The highest BCUT2D eigenvalue weighted by Gasteiger charge is 2.20. The summed E-state index contributed by atoms with van der Waals surface area (Å²) in [5.74, 6) is 0.661. The molecule has 0 aromatic carbocycles. The normalized spacial score (nSPS) is 22.5. The maximum absolute atomic E-state index is 5.40. The number of methoxy groups -OCH3 is 1. The van der Waals surface area contributed by atoms with Gasteiger partial charge in [-0.3, -0.25) is 0 Å². The maximum atomic E-state index is 5.40. The first kappa shape index (κ1) is 10.0. The van der Waals surface area contributed by atoms with Gasteiger partial charge in [-0.2, -0.15) is 0 Å². The Hall–Kier alpha value is -0.0800. The van der Waals surface area contributed by atoms with Crippen molar-refractivity contribution in [3.63, 3.8) is 0 Å². The summed E-state index contributed by atoms with van der Waals surface area (Å²) in [6.45, 7) is 4.38. The van der Waals surface area contributed by atoms with Gasteiger partial charge in [0.05, 0.1) is 6.10 Å². The summed E-state index contributed by atoms with van der Waals surface area (Å²) in [5.41, 5.74) is 0. The first-order chi connectivity index (χ1) is 5.84. The van der Waals surface area contributed by atoms with Crippen LogP contribution in [0.3, 0.4) is 0 Å². The Labute approximate surface area is 75.2 Å². The molecular formula is C10H19O2. The molecule has 0 amide bonds. The van der Waals surface area contributed by atoms with Crippen LogP contribution in [0.5, 0.6) is 0 Å². The molecule has 0 heterocycles. The van der Waals surface area contributed by atoms with E-state index in [-0.39, 0.29) is 6.10 Å². The number of hydrogen-bond donors (Lipinski definition) is 0. The minimum absolute atomic E-state index is 0.130. The van der Waals surface area contributed by atoms with Gasteiger partial charge in [-0.1, -0.05) is 19.3 Å². The monoisotopic (exact) mass is 171 g/mol. The molecule has 0 aromatic rings. The molecule has 2 heteroatoms. The molecule has 1 radical (unpaired) electrons. The van der Waals surface area contributed by atoms with E-state index < -0.39 is 0 Å². The van der Waals surface area contributed by atoms with Crippen LogP contribution in [-0.2, 0) is 9.47 Å². The molecule has 1 aliphatic rings. The lowest BCUT2D eigenvalue weighted by Gasteiger charge is -2.27. The van der Waals surface area contributed by atoms with Gasteiger partial charge in [0, 0.05) is 7.11 Å². The van der Waals surface area contributed by atoms with Crippen LogP contribution in [0.4, 0.5) is 0 Å². The van der Waals surface area contributed by atoms with Gasteiger partial charge in [-0.25, -0.2) is 0 Å². The lowest BCUT2D eigenvalue weighted by Crippen LogP contribution is -2.24. The third kappa shape index (κ3) is 3.11. The zero-order valence-corrected chi connectivity index (χ0v) is 7.92. The molecule has 0 bridgehead atoms. The molecule has 1 unspecified atom stereocenters. The van der Waals surface area contributed by atoms with Crippen molar-refractivity contribution in [2.75, 3.05) is 13.9 Å². The third-order valence-electron chi connectivity index (χ3n) is 2.58. The van der Waals surface area contributed by atoms with E-state index in [1.54, 1.807) is 7.11 Å². The summed E-state index contributed by atoms with van der Waals surface area (Å²) < 4.78 is 10.2. The third-order valence-corrected chi connectivity index (χ3v) is 2.58. The van der Waals surface area contributed by atoms with Crippen molar-refractivity contribution in [3.05, 3.63) is 6.92 Å². The number of rotatable bonds is 4. The van der Waals surface area contributed by atoms with Crippen LogP contribution in [0.2, 0.25) is 0 Å². The Morgan fingerprint density at radius 1 is 1.33 bits per heavy atom. The highest BCUT2D eigenvalue weighted by molar-refractivity contribution is 4.75. The largest absolute Gasteiger partial charge is 0.359 e. The topological polar surface area (TPSA) is 18.5 Å². The maximum Gasteiger partial charge on any atom is 0.146 e. The van der Waals surface area contributed by atoms with Gasteiger partial charge >= 0.3 is 0 Å². The van der Waals surface area contributed by atoms with Crippen molar-refractivity contribution in [3.8, 4) is 0 Å². The van der Waals surface area contributed by atoms with Crippen LogP contribution in [0.15, 0.2) is 0 Å². The fourth-order valence-corrected chi connectivity index (χ4v) is 1.80. The fraction of sp³-hybridized carbons (Fsp3) is 0.900. The molecule has 1 rings (SSSR count). The summed E-state index contributed by atoms with van der Waals surface area (Å²) in [6, 6.07) is 0. The minimum atomic E-state index is 0.130. The van der Waals surface area contributed by atoms with E-state index in [2.05, 4.69) is 6.92 Å². The van der Waals surface area contributed by atoms with Gasteiger partial charge in [-0.15, -0.1) is 0 Å². The first-order valence-corrected chi connectivity index (χ1v) is 4.78. The predicted octanol–water partition coefficient (Wildman–Crippen LogP) is 2.39. The molecule has 71 valence electrons. The van der Waals surface area contributed by atoms with Gasteiger partial charge < -0.3 is 9.47 Å². The van der Waals surface area contributed by atoms with Crippen molar-refractivity contribution < 1.29 is 9.47 Å². The molecule has 1 aliphatic carbocycles. The summed E-state index contributed by atoms with van der Waals surface area (Å²) in [5, 5.41) is 0. The zero-order valence-electron chi connectivity index (χ0n) is 7.92. The SMILES string of the molecule is [CH2]C(OCOC)C1CCCCC1. The fourth-order valence-electron chi connectivity index (χ4n) is 1.80. The van der Waals surface area contributed by atoms with E-state index >= 15 is 0 Å². The molecule has 12 heavy (non-hydrogen) atoms. The van der Waals surface area contributed by atoms with Crippen molar-refractivity contribution in [2.24, 2.45) is 5.92 Å². The molecule has 1 atom stereocenters. The lowest BCUT2D eigenvalue weighted by atomic mass is 9.86. The van der Waals surface area contributed by atoms with E-state index in [0.29, 0.717) is 12.7 Å². The summed E-state index contributed by atoms with van der Waals surface area (Å²) in [7, 11) is 1.65. The van der Waals surface area contributed by atoms with Crippen LogP contribution in [-0.4, -0.2) is 20.0 Å². The van der Waals surface area contributed by atoms with Crippen molar-refractivity contribution >= 4 is 0 Å². The molecular weight excluding hydrogens is 152 g/mol. The molecule has 0 N–H and O–H groups in total. The summed E-state index contributed by atoms with van der Waals surface area (Å²) >= 11 is 0. The second kappa shape index (κ2) is 5.55. The number of hydrogen-bond acceptors (Lipinski definition) is 2. The highest BCUT2D eigenvalue weighted by Crippen LogP contribution is 2.27. The second-order valence-corrected chi connectivity index (χ2v) is 3.51. The minimum Gasteiger partial charge on any atom is -0.359 e. The molecule has 0 spiro atoms. The van der Waals surface area contributed by atoms with Gasteiger partial charge in [0.25, 0.3) is 0 Å². The van der Waals surface area contributed by atoms with Crippen LogP contribution in [0.1, 0.15) is 32.1 Å². The first-order valence-electron chi connectivity index (χ1n) is 4.78. The van der Waals surface area contributed by atoms with E-state index in [4.69, 9.17) is 9.47 Å². The second-order valence-electron chi connectivity index (χ2n) is 3.51. The Bertz CT molecular complexity index is 108. The lowest BCUT2D eigenvalue weighted by molar-refractivity contribution is -0.0784. The van der Waals surface area contributed by atoms with Crippen LogP contribution < -0.4 is 0 Å². The van der Waals surface area contributed by atoms with E-state index in [0.717, 1.165) is 0 Å². The van der Waals surface area contributed by atoms with Crippen LogP contribution in [0.25, 0.3) is 0 Å². The van der Waals surface area contributed by atoms with Crippen molar-refractivity contribution in [1.29, 1.82) is 0 Å². The van der Waals surface area contributed by atoms with Crippen LogP contribution in [0, 0.1) is 12.8 Å².